The van der Waals surface area contributed by atoms with Crippen molar-refractivity contribution in [2.45, 2.75) is 79.3 Å². The first kappa shape index (κ1) is 49.0. The Labute approximate surface area is 493 Å². The van der Waals surface area contributed by atoms with E-state index in [0.717, 1.165) is 110 Å². The van der Waals surface area contributed by atoms with Crippen molar-refractivity contribution in [3.63, 3.8) is 0 Å². The van der Waals surface area contributed by atoms with Crippen molar-refractivity contribution in [1.29, 1.82) is 0 Å². The Hall–Kier alpha value is -9.65. The van der Waals surface area contributed by atoms with Crippen LogP contribution in [-0.2, 0) is 23.9 Å². The topological polar surface area (TPSA) is 40.1 Å². The third kappa shape index (κ3) is 8.40. The lowest BCUT2D eigenvalue weighted by atomic mass is 9.83. The molecule has 1 aliphatic heterocycles. The molecule has 6 nitrogen and oxygen atoms in total. The molecule has 0 amide bonds. The third-order valence-corrected chi connectivity index (χ3v) is 17.2. The highest BCUT2D eigenvalue weighted by atomic mass is 16.5. The molecule has 0 radical (unpaired) electrons. The van der Waals surface area contributed by atoms with Crippen molar-refractivity contribution >= 4 is 98.3 Å². The van der Waals surface area contributed by atoms with Gasteiger partial charge in [0.2, 0.25) is 0 Å². The number of fused-ring (bicyclic) bond motifs is 13. The molecule has 0 atom stereocenters. The van der Waals surface area contributed by atoms with Gasteiger partial charge in [-0.05, 0) is 115 Å². The van der Waals surface area contributed by atoms with Gasteiger partial charge in [-0.1, -0.05) is 213 Å². The van der Waals surface area contributed by atoms with E-state index in [1.165, 1.54) is 21.7 Å². The standard InChI is InChI=1S/C78H67N5O/c1-49(2)40-50-41-51(43-53(42-50)78(6,7)8)57-31-20-32-64-60-26-11-9-24-58(60)59-25-10-12-27-61(59)65-33-21-37-70-76(65)81(75(57)64)48-80(70)54-22-19-23-55(45-54)84-56-46-71(82-67-34-16-13-28-62(67)63-29-14-17-35-68(63)82)74-66-30-15-18-36-69(66)83(72(74)47-56)73-44-52(38-39-79-73)77(3,4)5/h9-39,41-47,49H,40,48H2,1-8H3/i40D2. The number of rotatable bonds is 8. The molecule has 4 aromatic heterocycles. The van der Waals surface area contributed by atoms with Crippen molar-refractivity contribution < 1.29 is 7.48 Å². The van der Waals surface area contributed by atoms with E-state index >= 15 is 0 Å². The molecule has 15 rings (SSSR count). The number of pyridine rings is 1. The Morgan fingerprint density at radius 1 is 0.464 bits per heavy atom. The van der Waals surface area contributed by atoms with Gasteiger partial charge in [-0.25, -0.2) is 4.98 Å². The Morgan fingerprint density at radius 3 is 1.67 bits per heavy atom. The summed E-state index contributed by atoms with van der Waals surface area (Å²) in [7, 11) is 0. The molecule has 10 aromatic carbocycles. The Bertz CT molecular complexity index is 5130. The van der Waals surface area contributed by atoms with Gasteiger partial charge in [0.15, 0.2) is 0 Å². The Balaban J connectivity index is 0.959. The number of anilines is 2. The first-order valence-corrected chi connectivity index (χ1v) is 29.5. The smallest absolute Gasteiger partial charge is 0.137 e. The van der Waals surface area contributed by atoms with E-state index in [9.17, 15) is 2.74 Å². The van der Waals surface area contributed by atoms with Gasteiger partial charge in [-0.2, -0.15) is 0 Å². The lowest BCUT2D eigenvalue weighted by Gasteiger charge is -2.23. The van der Waals surface area contributed by atoms with E-state index < -0.39 is 6.37 Å². The monoisotopic (exact) mass is 1090 g/mol. The minimum Gasteiger partial charge on any atom is -0.457 e. The van der Waals surface area contributed by atoms with Crippen molar-refractivity contribution in [2.24, 2.45) is 5.92 Å². The number of aromatic nitrogens is 4. The quantitative estimate of drug-likeness (QED) is 0.152. The summed E-state index contributed by atoms with van der Waals surface area (Å²) in [6, 6.07) is 81.0. The fourth-order valence-corrected chi connectivity index (χ4v) is 13.3. The highest BCUT2D eigenvalue weighted by molar-refractivity contribution is 6.22. The number of benzene rings is 10. The fraction of sp³-hybridized carbons (Fsp3) is 0.167. The van der Waals surface area contributed by atoms with E-state index in [1.54, 1.807) is 0 Å². The predicted octanol–water partition coefficient (Wildman–Crippen LogP) is 21.2. The average Bonchev–Trinajstić information content (AvgIpc) is 2.57. The molecule has 5 heterocycles. The van der Waals surface area contributed by atoms with Gasteiger partial charge in [0.25, 0.3) is 0 Å². The summed E-state index contributed by atoms with van der Waals surface area (Å²) < 4.78 is 33.6. The second-order valence-corrected chi connectivity index (χ2v) is 25.1. The zero-order valence-electron chi connectivity index (χ0n) is 50.9. The van der Waals surface area contributed by atoms with E-state index in [4.69, 9.17) is 9.72 Å². The molecule has 0 saturated heterocycles. The van der Waals surface area contributed by atoms with Crippen LogP contribution in [-0.4, -0.2) is 18.7 Å². The summed E-state index contributed by atoms with van der Waals surface area (Å²) in [4.78, 5) is 7.53. The van der Waals surface area contributed by atoms with E-state index in [-0.39, 0.29) is 16.7 Å². The second-order valence-electron chi connectivity index (χ2n) is 25.1. The van der Waals surface area contributed by atoms with E-state index in [0.29, 0.717) is 23.7 Å². The van der Waals surface area contributed by atoms with Gasteiger partial charge in [0, 0.05) is 70.7 Å². The van der Waals surface area contributed by atoms with Crippen molar-refractivity contribution in [1.82, 2.24) is 18.7 Å². The van der Waals surface area contributed by atoms with Crippen LogP contribution < -0.4 is 9.64 Å². The zero-order valence-corrected chi connectivity index (χ0v) is 48.9. The van der Waals surface area contributed by atoms with Crippen LogP contribution in [0.2, 0.25) is 0 Å². The van der Waals surface area contributed by atoms with Gasteiger partial charge < -0.3 is 18.8 Å². The molecule has 0 aliphatic carbocycles. The molecule has 1 aliphatic rings. The molecule has 0 spiro atoms. The molecule has 410 valence electrons. The largest absolute Gasteiger partial charge is 0.457 e. The molecule has 0 N–H and O–H groups in total. The van der Waals surface area contributed by atoms with Crippen LogP contribution in [0.1, 0.15) is 74.8 Å². The van der Waals surface area contributed by atoms with Gasteiger partial charge >= 0.3 is 0 Å². The maximum Gasteiger partial charge on any atom is 0.137 e. The highest BCUT2D eigenvalue weighted by Gasteiger charge is 2.28. The summed E-state index contributed by atoms with van der Waals surface area (Å²) in [6.07, 6.45) is 0.378. The number of ether oxygens (including phenoxy) is 1. The molecular weight excluding hydrogens is 1020 g/mol. The minimum absolute atomic E-state index is 0.0936. The summed E-state index contributed by atoms with van der Waals surface area (Å²) in [5.41, 5.74) is 14.2. The van der Waals surface area contributed by atoms with Gasteiger partial charge in [-0.3, -0.25) is 4.57 Å². The van der Waals surface area contributed by atoms with Crippen LogP contribution in [0.25, 0.3) is 110 Å². The Kier molecular flexibility index (Phi) is 11.4. The summed E-state index contributed by atoms with van der Waals surface area (Å²) in [6.45, 7) is 17.9. The number of hydrogen-bond donors (Lipinski definition) is 0. The molecule has 0 fully saturated rings. The van der Waals surface area contributed by atoms with Crippen molar-refractivity contribution in [3.8, 4) is 34.1 Å². The lowest BCUT2D eigenvalue weighted by Crippen LogP contribution is -2.15. The second kappa shape index (κ2) is 19.5. The van der Waals surface area contributed by atoms with Crippen LogP contribution >= 0.6 is 0 Å². The molecule has 0 unspecified atom stereocenters. The van der Waals surface area contributed by atoms with Crippen LogP contribution in [0.5, 0.6) is 11.5 Å². The Morgan fingerprint density at radius 2 is 1.02 bits per heavy atom. The number of para-hydroxylation sites is 5. The lowest BCUT2D eigenvalue weighted by molar-refractivity contribution is 0.483. The minimum atomic E-state index is -1.56. The van der Waals surface area contributed by atoms with Crippen LogP contribution in [0.3, 0.4) is 0 Å². The van der Waals surface area contributed by atoms with Crippen molar-refractivity contribution in [2.75, 3.05) is 4.90 Å². The molecule has 0 bridgehead atoms. The zero-order chi connectivity index (χ0) is 59.0. The maximum atomic E-state index is 9.49. The molecule has 6 heteroatoms. The summed E-state index contributed by atoms with van der Waals surface area (Å²) in [5.74, 6) is 2.02. The highest BCUT2D eigenvalue weighted by Crippen LogP contribution is 2.47. The third-order valence-electron chi connectivity index (χ3n) is 17.2. The fourth-order valence-electron chi connectivity index (χ4n) is 13.3. The molecule has 0 saturated carbocycles. The van der Waals surface area contributed by atoms with Gasteiger partial charge in [0.05, 0.1) is 44.5 Å². The summed E-state index contributed by atoms with van der Waals surface area (Å²) in [5, 5.41) is 11.5. The first-order valence-electron chi connectivity index (χ1n) is 30.5. The molecule has 84 heavy (non-hydrogen) atoms. The van der Waals surface area contributed by atoms with Crippen LogP contribution in [0.15, 0.2) is 231 Å². The van der Waals surface area contributed by atoms with Crippen LogP contribution in [0.4, 0.5) is 11.4 Å². The summed E-state index contributed by atoms with van der Waals surface area (Å²) >= 11 is 0. The SMILES string of the molecule is [2H]C([2H])(c1cc(-c2cccc3c4ccccc4c4ccccc4c4cccc5c4n(c23)CN5c2cccc(Oc3cc(-n4c5ccccc5c5ccccc54)c4c5ccccc5n(-c5cc(C(C)(C)C)ccn5)c4c3)c2)cc(C(C)(C)C)c1)C(C)C. The number of hydrogen-bond acceptors (Lipinski definition) is 3. The van der Waals surface area contributed by atoms with Crippen LogP contribution in [0, 0.1) is 5.92 Å². The maximum absolute atomic E-state index is 9.49. The predicted molar refractivity (Wildman–Crippen MR) is 355 cm³/mol. The molecular formula is C78H67N5O. The van der Waals surface area contributed by atoms with E-state index in [2.05, 4.69) is 285 Å². The molecule has 14 aromatic rings. The normalized spacial score (nSPS) is 13.4. The first-order chi connectivity index (χ1) is 41.5. The van der Waals surface area contributed by atoms with Gasteiger partial charge in [0.1, 0.15) is 24.0 Å². The average molecular weight is 1090 g/mol. The van der Waals surface area contributed by atoms with E-state index in [1.807, 2.05) is 20.0 Å². The van der Waals surface area contributed by atoms with Crippen molar-refractivity contribution in [3.05, 3.63) is 247 Å². The number of nitrogens with zero attached hydrogens (tertiary/aromatic N) is 5. The van der Waals surface area contributed by atoms with Gasteiger partial charge in [-0.15, -0.1) is 0 Å².